The number of amides is 2. The van der Waals surface area contributed by atoms with Crippen LogP contribution < -0.4 is 10.2 Å². The van der Waals surface area contributed by atoms with Crippen molar-refractivity contribution in [3.05, 3.63) is 66.1 Å². The normalized spacial score (nSPS) is 17.7. The number of anilines is 1. The predicted molar refractivity (Wildman–Crippen MR) is 118 cm³/mol. The SMILES string of the molecule is CCOC(=O)CNC(=O)C1(C)Cn2c(ccc2-c2ccco2)C(=O)N1c1ccc(C)cc1. The van der Waals surface area contributed by atoms with Crippen LogP contribution in [0.25, 0.3) is 11.5 Å². The Morgan fingerprint density at radius 2 is 1.84 bits per heavy atom. The van der Waals surface area contributed by atoms with E-state index in [9.17, 15) is 14.4 Å². The monoisotopic (exact) mass is 435 g/mol. The number of nitrogens with one attached hydrogen (secondary N) is 1. The van der Waals surface area contributed by atoms with Crippen molar-refractivity contribution in [3.8, 4) is 11.5 Å². The van der Waals surface area contributed by atoms with Crippen LogP contribution in [0.15, 0.2) is 59.2 Å². The molecule has 1 N–H and O–H groups in total. The van der Waals surface area contributed by atoms with Gasteiger partial charge in [0.25, 0.3) is 5.91 Å². The number of esters is 1. The van der Waals surface area contributed by atoms with Gasteiger partial charge in [0.2, 0.25) is 5.91 Å². The number of ether oxygens (including phenoxy) is 1. The van der Waals surface area contributed by atoms with Gasteiger partial charge in [0, 0.05) is 5.69 Å². The fourth-order valence-corrected chi connectivity index (χ4v) is 4.01. The van der Waals surface area contributed by atoms with E-state index in [1.165, 1.54) is 4.90 Å². The summed E-state index contributed by atoms with van der Waals surface area (Å²) >= 11 is 0. The standard InChI is InChI=1S/C24H25N3O5/c1-4-31-21(28)14-25-23(30)24(3)15-26-18(20-6-5-13-32-20)11-12-19(26)22(29)27(24)17-9-7-16(2)8-10-17/h5-13H,4,14-15H2,1-3H3,(H,25,30). The second-order valence-corrected chi connectivity index (χ2v) is 7.90. The molecule has 0 saturated heterocycles. The van der Waals surface area contributed by atoms with Gasteiger partial charge in [-0.3, -0.25) is 19.3 Å². The van der Waals surface area contributed by atoms with E-state index in [2.05, 4.69) is 5.32 Å². The number of aromatic nitrogens is 1. The minimum absolute atomic E-state index is 0.180. The maximum Gasteiger partial charge on any atom is 0.325 e. The van der Waals surface area contributed by atoms with Crippen LogP contribution >= 0.6 is 0 Å². The number of carbonyl (C=O) groups is 3. The largest absolute Gasteiger partial charge is 0.465 e. The second-order valence-electron chi connectivity index (χ2n) is 7.90. The molecule has 8 heteroatoms. The lowest BCUT2D eigenvalue weighted by Crippen LogP contribution is -2.64. The Morgan fingerprint density at radius 3 is 2.50 bits per heavy atom. The first kappa shape index (κ1) is 21.4. The highest BCUT2D eigenvalue weighted by Gasteiger charge is 2.48. The van der Waals surface area contributed by atoms with E-state index in [1.807, 2.05) is 37.3 Å². The first-order chi connectivity index (χ1) is 15.3. The van der Waals surface area contributed by atoms with Crippen LogP contribution in [-0.4, -0.2) is 41.0 Å². The zero-order chi connectivity index (χ0) is 22.9. The molecule has 0 radical (unpaired) electrons. The molecule has 1 aromatic carbocycles. The number of nitrogens with zero attached hydrogens (tertiary/aromatic N) is 2. The molecular formula is C24H25N3O5. The Morgan fingerprint density at radius 1 is 1.12 bits per heavy atom. The molecule has 2 amide bonds. The fourth-order valence-electron chi connectivity index (χ4n) is 4.01. The van der Waals surface area contributed by atoms with Crippen molar-refractivity contribution in [3.63, 3.8) is 0 Å². The van der Waals surface area contributed by atoms with Crippen LogP contribution in [0.2, 0.25) is 0 Å². The Hall–Kier alpha value is -3.81. The minimum atomic E-state index is -1.30. The molecule has 4 rings (SSSR count). The summed E-state index contributed by atoms with van der Waals surface area (Å²) in [5.74, 6) is -0.704. The predicted octanol–water partition coefficient (Wildman–Crippen LogP) is 3.15. The third-order valence-corrected chi connectivity index (χ3v) is 5.62. The maximum atomic E-state index is 13.6. The van der Waals surface area contributed by atoms with Gasteiger partial charge in [-0.15, -0.1) is 0 Å². The topological polar surface area (TPSA) is 93.8 Å². The van der Waals surface area contributed by atoms with Gasteiger partial charge < -0.3 is 19.0 Å². The van der Waals surface area contributed by atoms with Gasteiger partial charge in [0.15, 0.2) is 0 Å². The summed E-state index contributed by atoms with van der Waals surface area (Å²) in [4.78, 5) is 40.4. The molecule has 0 saturated carbocycles. The van der Waals surface area contributed by atoms with Crippen molar-refractivity contribution in [1.82, 2.24) is 9.88 Å². The molecule has 166 valence electrons. The number of carbonyl (C=O) groups excluding carboxylic acids is 3. The lowest BCUT2D eigenvalue weighted by Gasteiger charge is -2.44. The highest BCUT2D eigenvalue weighted by molar-refractivity contribution is 6.12. The number of fused-ring (bicyclic) bond motifs is 1. The third-order valence-electron chi connectivity index (χ3n) is 5.62. The first-order valence-electron chi connectivity index (χ1n) is 10.4. The van der Waals surface area contributed by atoms with Gasteiger partial charge in [-0.1, -0.05) is 17.7 Å². The lowest BCUT2D eigenvalue weighted by molar-refractivity contribution is -0.144. The van der Waals surface area contributed by atoms with E-state index in [4.69, 9.17) is 9.15 Å². The lowest BCUT2D eigenvalue weighted by atomic mass is 9.93. The molecular weight excluding hydrogens is 410 g/mol. The molecule has 2 aromatic heterocycles. The van der Waals surface area contributed by atoms with E-state index in [0.29, 0.717) is 22.8 Å². The molecule has 0 bridgehead atoms. The van der Waals surface area contributed by atoms with Crippen LogP contribution in [0.1, 0.15) is 29.9 Å². The van der Waals surface area contributed by atoms with Gasteiger partial charge in [-0.2, -0.15) is 0 Å². The number of aryl methyl sites for hydroxylation is 1. The molecule has 1 aliphatic rings. The summed E-state index contributed by atoms with van der Waals surface area (Å²) in [5.41, 5.74) is 1.49. The fraction of sp³-hybridized carbons (Fsp3) is 0.292. The zero-order valence-corrected chi connectivity index (χ0v) is 18.3. The van der Waals surface area contributed by atoms with E-state index >= 15 is 0 Å². The van der Waals surface area contributed by atoms with E-state index in [-0.39, 0.29) is 25.6 Å². The summed E-state index contributed by atoms with van der Waals surface area (Å²) in [6.07, 6.45) is 1.56. The molecule has 0 aliphatic carbocycles. The number of benzene rings is 1. The Labute approximate surface area is 185 Å². The van der Waals surface area contributed by atoms with Crippen LogP contribution in [0.5, 0.6) is 0 Å². The molecule has 0 fully saturated rings. The number of furan rings is 1. The van der Waals surface area contributed by atoms with Gasteiger partial charge in [-0.25, -0.2) is 0 Å². The van der Waals surface area contributed by atoms with Crippen LogP contribution in [0.4, 0.5) is 5.69 Å². The molecule has 1 aliphatic heterocycles. The van der Waals surface area contributed by atoms with Crippen molar-refractivity contribution < 1.29 is 23.5 Å². The van der Waals surface area contributed by atoms with Gasteiger partial charge in [0.1, 0.15) is 23.5 Å². The average molecular weight is 435 g/mol. The Kier molecular flexibility index (Phi) is 5.61. The van der Waals surface area contributed by atoms with Crippen molar-refractivity contribution >= 4 is 23.5 Å². The van der Waals surface area contributed by atoms with Crippen LogP contribution in [0.3, 0.4) is 0 Å². The molecule has 32 heavy (non-hydrogen) atoms. The highest BCUT2D eigenvalue weighted by atomic mass is 16.5. The minimum Gasteiger partial charge on any atom is -0.465 e. The second kappa shape index (κ2) is 8.37. The Balaban J connectivity index is 1.77. The summed E-state index contributed by atoms with van der Waals surface area (Å²) in [6, 6.07) is 14.5. The van der Waals surface area contributed by atoms with Crippen molar-refractivity contribution in [2.24, 2.45) is 0 Å². The van der Waals surface area contributed by atoms with Gasteiger partial charge in [0.05, 0.1) is 25.1 Å². The molecule has 3 aromatic rings. The molecule has 1 atom stereocenters. The summed E-state index contributed by atoms with van der Waals surface area (Å²) in [6.45, 7) is 5.47. The van der Waals surface area contributed by atoms with Crippen LogP contribution in [-0.2, 0) is 20.9 Å². The van der Waals surface area contributed by atoms with E-state index in [0.717, 1.165) is 5.56 Å². The highest BCUT2D eigenvalue weighted by Crippen LogP contribution is 2.36. The molecule has 0 spiro atoms. The molecule has 8 nitrogen and oxygen atoms in total. The summed E-state index contributed by atoms with van der Waals surface area (Å²) < 4.78 is 12.2. The van der Waals surface area contributed by atoms with Gasteiger partial charge in [-0.05, 0) is 57.2 Å². The molecule has 1 unspecified atom stereocenters. The van der Waals surface area contributed by atoms with Gasteiger partial charge >= 0.3 is 5.97 Å². The van der Waals surface area contributed by atoms with Crippen LogP contribution in [0, 0.1) is 6.92 Å². The van der Waals surface area contributed by atoms with Crippen molar-refractivity contribution in [1.29, 1.82) is 0 Å². The summed E-state index contributed by atoms with van der Waals surface area (Å²) in [7, 11) is 0. The third kappa shape index (κ3) is 3.68. The van der Waals surface area contributed by atoms with E-state index in [1.54, 1.807) is 42.9 Å². The zero-order valence-electron chi connectivity index (χ0n) is 18.3. The smallest absolute Gasteiger partial charge is 0.325 e. The van der Waals surface area contributed by atoms with E-state index < -0.39 is 17.4 Å². The summed E-state index contributed by atoms with van der Waals surface area (Å²) in [5, 5.41) is 2.64. The number of hydrogen-bond acceptors (Lipinski definition) is 5. The maximum absolute atomic E-state index is 13.6. The number of rotatable bonds is 6. The number of hydrogen-bond donors (Lipinski definition) is 1. The Bertz CT molecular complexity index is 1150. The quantitative estimate of drug-likeness (QED) is 0.601. The first-order valence-corrected chi connectivity index (χ1v) is 10.4. The van der Waals surface area contributed by atoms with Crippen molar-refractivity contribution in [2.75, 3.05) is 18.1 Å². The molecule has 3 heterocycles. The van der Waals surface area contributed by atoms with Crippen molar-refractivity contribution in [2.45, 2.75) is 32.9 Å². The average Bonchev–Trinajstić information content (AvgIpc) is 3.43.